The van der Waals surface area contributed by atoms with Crippen LogP contribution in [0, 0.1) is 12.3 Å². The first-order valence-corrected chi connectivity index (χ1v) is 6.48. The monoisotopic (exact) mass is 276 g/mol. The van der Waals surface area contributed by atoms with Gasteiger partial charge in [0, 0.05) is 25.9 Å². The number of nitrogens with zero attached hydrogens (tertiary/aromatic N) is 4. The molecule has 0 atom stereocenters. The molecule has 1 aromatic rings. The van der Waals surface area contributed by atoms with Gasteiger partial charge in [0.25, 0.3) is 0 Å². The highest BCUT2D eigenvalue weighted by atomic mass is 16.4. The minimum atomic E-state index is -1.10. The molecule has 0 spiro atoms. The summed E-state index contributed by atoms with van der Waals surface area (Å²) in [6, 6.07) is 0.0188. The number of carboxylic acid groups (broad SMARTS) is 1. The number of hydrogen-bond donors (Lipinski definition) is 1. The summed E-state index contributed by atoms with van der Waals surface area (Å²) in [5.74, 6) is 1.56. The number of aromatic carboxylic acids is 1. The van der Waals surface area contributed by atoms with Gasteiger partial charge in [-0.2, -0.15) is 0 Å². The molecule has 0 aliphatic carbocycles. The Kier molecular flexibility index (Phi) is 4.35. The van der Waals surface area contributed by atoms with E-state index in [0.29, 0.717) is 25.9 Å². The third-order valence-corrected chi connectivity index (χ3v) is 3.28. The first kappa shape index (κ1) is 14.1. The lowest BCUT2D eigenvalue weighted by atomic mass is 10.1. The highest BCUT2D eigenvalue weighted by Crippen LogP contribution is 2.21. The zero-order valence-electron chi connectivity index (χ0n) is 11.0. The van der Waals surface area contributed by atoms with Gasteiger partial charge in [0.1, 0.15) is 0 Å². The van der Waals surface area contributed by atoms with E-state index in [9.17, 15) is 9.59 Å². The van der Waals surface area contributed by atoms with Gasteiger partial charge in [-0.25, -0.2) is 9.48 Å². The summed E-state index contributed by atoms with van der Waals surface area (Å²) in [5.41, 5.74) is -0.0796. The maximum atomic E-state index is 11.8. The smallest absolute Gasteiger partial charge is 0.358 e. The summed E-state index contributed by atoms with van der Waals surface area (Å²) in [7, 11) is 0. The van der Waals surface area contributed by atoms with Gasteiger partial charge in [-0.05, 0) is 12.8 Å². The van der Waals surface area contributed by atoms with Crippen LogP contribution in [0.2, 0.25) is 0 Å². The molecule has 1 N–H and O–H groups in total. The fourth-order valence-corrected chi connectivity index (χ4v) is 2.04. The molecule has 0 unspecified atom stereocenters. The molecule has 1 aliphatic rings. The Balaban J connectivity index is 1.75. The van der Waals surface area contributed by atoms with Crippen molar-refractivity contribution in [2.45, 2.75) is 31.7 Å². The number of carbonyl (C=O) groups is 2. The highest BCUT2D eigenvalue weighted by molar-refractivity contribution is 5.84. The predicted octanol–water partition coefficient (Wildman–Crippen LogP) is 0.553. The van der Waals surface area contributed by atoms with E-state index >= 15 is 0 Å². The molecule has 0 radical (unpaired) electrons. The fourth-order valence-electron chi connectivity index (χ4n) is 2.04. The highest BCUT2D eigenvalue weighted by Gasteiger charge is 2.32. The molecule has 106 valence electrons. The summed E-state index contributed by atoms with van der Waals surface area (Å²) in [6.45, 7) is 1.10. The van der Waals surface area contributed by atoms with Crippen molar-refractivity contribution in [1.82, 2.24) is 19.9 Å². The van der Waals surface area contributed by atoms with Gasteiger partial charge in [-0.15, -0.1) is 17.4 Å². The van der Waals surface area contributed by atoms with Gasteiger partial charge in [0.2, 0.25) is 5.91 Å². The summed E-state index contributed by atoms with van der Waals surface area (Å²) in [5, 5.41) is 16.1. The zero-order chi connectivity index (χ0) is 14.5. The Morgan fingerprint density at radius 3 is 2.80 bits per heavy atom. The quantitative estimate of drug-likeness (QED) is 0.605. The predicted molar refractivity (Wildman–Crippen MR) is 69.9 cm³/mol. The standard InChI is InChI=1S/C13H16N4O3/c1-2-3-4-5-6-12(18)16-7-10(8-16)17-9-11(13(19)20)14-15-17/h1,9-10H,3-8H2,(H,19,20). The fraction of sp³-hybridized carbons (Fsp3) is 0.538. The topological polar surface area (TPSA) is 88.3 Å². The van der Waals surface area contributed by atoms with Crippen molar-refractivity contribution in [3.05, 3.63) is 11.9 Å². The van der Waals surface area contributed by atoms with Gasteiger partial charge in [-0.1, -0.05) is 5.21 Å². The lowest BCUT2D eigenvalue weighted by Gasteiger charge is -2.38. The summed E-state index contributed by atoms with van der Waals surface area (Å²) >= 11 is 0. The molecule has 20 heavy (non-hydrogen) atoms. The van der Waals surface area contributed by atoms with Crippen molar-refractivity contribution in [2.24, 2.45) is 0 Å². The van der Waals surface area contributed by atoms with Crippen LogP contribution in [0.3, 0.4) is 0 Å². The third-order valence-electron chi connectivity index (χ3n) is 3.28. The Morgan fingerprint density at radius 2 is 2.20 bits per heavy atom. The molecule has 7 heteroatoms. The molecule has 7 nitrogen and oxygen atoms in total. The number of likely N-dealkylation sites (tertiary alicyclic amines) is 1. The van der Waals surface area contributed by atoms with E-state index in [1.54, 1.807) is 4.90 Å². The molecule has 1 fully saturated rings. The average Bonchev–Trinajstić information content (AvgIpc) is 2.82. The van der Waals surface area contributed by atoms with Crippen molar-refractivity contribution in [2.75, 3.05) is 13.1 Å². The van der Waals surface area contributed by atoms with Crippen LogP contribution in [-0.4, -0.2) is 50.0 Å². The van der Waals surface area contributed by atoms with E-state index in [4.69, 9.17) is 11.5 Å². The van der Waals surface area contributed by atoms with Crippen molar-refractivity contribution in [3.63, 3.8) is 0 Å². The third kappa shape index (κ3) is 3.15. The van der Waals surface area contributed by atoms with E-state index in [0.717, 1.165) is 12.8 Å². The second-order valence-corrected chi connectivity index (χ2v) is 4.75. The van der Waals surface area contributed by atoms with Crippen molar-refractivity contribution >= 4 is 11.9 Å². The average molecular weight is 276 g/mol. The number of aromatic nitrogens is 3. The van der Waals surface area contributed by atoms with Crippen molar-refractivity contribution < 1.29 is 14.7 Å². The number of terminal acetylenes is 1. The number of unbranched alkanes of at least 4 members (excludes halogenated alkanes) is 2. The second kappa shape index (κ2) is 6.19. The van der Waals surface area contributed by atoms with Gasteiger partial charge in [-0.3, -0.25) is 4.79 Å². The van der Waals surface area contributed by atoms with Crippen LogP contribution in [0.1, 0.15) is 42.2 Å². The van der Waals surface area contributed by atoms with Gasteiger partial charge in [0.05, 0.1) is 12.2 Å². The van der Waals surface area contributed by atoms with Gasteiger partial charge in [0.15, 0.2) is 5.69 Å². The van der Waals surface area contributed by atoms with Gasteiger partial charge >= 0.3 is 5.97 Å². The molecule has 0 aromatic carbocycles. The normalized spacial score (nSPS) is 14.7. The van der Waals surface area contributed by atoms with Crippen LogP contribution in [0.4, 0.5) is 0 Å². The number of hydrogen-bond acceptors (Lipinski definition) is 4. The molecule has 2 rings (SSSR count). The lowest BCUT2D eigenvalue weighted by molar-refractivity contribution is -0.137. The summed E-state index contributed by atoms with van der Waals surface area (Å²) in [6.07, 6.45) is 9.41. The van der Waals surface area contributed by atoms with Crippen LogP contribution < -0.4 is 0 Å². The molecule has 1 aromatic heterocycles. The molecule has 2 heterocycles. The summed E-state index contributed by atoms with van der Waals surface area (Å²) in [4.78, 5) is 24.2. The largest absolute Gasteiger partial charge is 0.476 e. The second-order valence-electron chi connectivity index (χ2n) is 4.75. The Hall–Kier alpha value is -2.36. The molecule has 1 amide bonds. The van der Waals surface area contributed by atoms with E-state index < -0.39 is 5.97 Å². The number of carbonyl (C=O) groups excluding carboxylic acids is 1. The van der Waals surface area contributed by atoms with Crippen LogP contribution in [-0.2, 0) is 4.79 Å². The maximum Gasteiger partial charge on any atom is 0.358 e. The molecule has 1 saturated heterocycles. The molecular formula is C13H16N4O3. The molecule has 1 aliphatic heterocycles. The van der Waals surface area contributed by atoms with E-state index in [1.807, 2.05) is 0 Å². The van der Waals surface area contributed by atoms with Gasteiger partial charge < -0.3 is 10.0 Å². The first-order chi connectivity index (χ1) is 9.61. The number of amides is 1. The first-order valence-electron chi connectivity index (χ1n) is 6.48. The maximum absolute atomic E-state index is 11.8. The zero-order valence-corrected chi connectivity index (χ0v) is 11.0. The number of rotatable bonds is 6. The Morgan fingerprint density at radius 1 is 1.45 bits per heavy atom. The Bertz CT molecular complexity index is 540. The van der Waals surface area contributed by atoms with E-state index in [1.165, 1.54) is 10.9 Å². The van der Waals surface area contributed by atoms with Crippen LogP contribution in [0.15, 0.2) is 6.20 Å². The van der Waals surface area contributed by atoms with E-state index in [2.05, 4.69) is 16.2 Å². The van der Waals surface area contributed by atoms with Crippen LogP contribution >= 0.6 is 0 Å². The minimum Gasteiger partial charge on any atom is -0.476 e. The van der Waals surface area contributed by atoms with Crippen molar-refractivity contribution in [1.29, 1.82) is 0 Å². The minimum absolute atomic E-state index is 0.0188. The molecule has 0 saturated carbocycles. The number of carboxylic acids is 1. The van der Waals surface area contributed by atoms with Crippen LogP contribution in [0.25, 0.3) is 0 Å². The molecular weight excluding hydrogens is 260 g/mol. The SMILES string of the molecule is C#CCCCCC(=O)N1CC(n2cc(C(=O)O)nn2)C1. The van der Waals surface area contributed by atoms with Crippen LogP contribution in [0.5, 0.6) is 0 Å². The lowest BCUT2D eigenvalue weighted by Crippen LogP contribution is -2.50. The summed E-state index contributed by atoms with van der Waals surface area (Å²) < 4.78 is 1.51. The Labute approximate surface area is 116 Å². The van der Waals surface area contributed by atoms with Crippen molar-refractivity contribution in [3.8, 4) is 12.3 Å². The molecule has 0 bridgehead atoms. The van der Waals surface area contributed by atoms with E-state index in [-0.39, 0.29) is 17.6 Å².